The molecule has 0 radical (unpaired) electrons. The van der Waals surface area contributed by atoms with Crippen molar-refractivity contribution in [1.82, 2.24) is 0 Å². The van der Waals surface area contributed by atoms with Gasteiger partial charge in [-0.2, -0.15) is 4.39 Å². The number of carbonyl (C=O) groups is 2. The van der Waals surface area contributed by atoms with Gasteiger partial charge in [0, 0.05) is 6.07 Å². The zero-order chi connectivity index (χ0) is 28.4. The molecule has 1 aliphatic carbocycles. The van der Waals surface area contributed by atoms with E-state index in [1.165, 1.54) is 19.1 Å². The van der Waals surface area contributed by atoms with Gasteiger partial charge in [-0.1, -0.05) is 54.6 Å². The van der Waals surface area contributed by atoms with Gasteiger partial charge in [0.1, 0.15) is 6.10 Å². The van der Waals surface area contributed by atoms with Crippen molar-refractivity contribution in [2.24, 2.45) is 0 Å². The van der Waals surface area contributed by atoms with E-state index >= 15 is 0 Å². The number of anilines is 1. The molecular weight excluding hydrogens is 539 g/mol. The molecule has 0 unspecified atom stereocenters. The van der Waals surface area contributed by atoms with Crippen LogP contribution in [-0.4, -0.2) is 18.7 Å². The first kappa shape index (κ1) is 27.5. The second kappa shape index (κ2) is 11.2. The van der Waals surface area contributed by atoms with E-state index in [0.29, 0.717) is 17.0 Å². The Hall–Kier alpha value is -4.11. The Labute approximate surface area is 233 Å². The number of rotatable bonds is 8. The Morgan fingerprint density at radius 2 is 1.52 bits per heavy atom. The van der Waals surface area contributed by atoms with E-state index in [-0.39, 0.29) is 17.2 Å². The number of halogens is 3. The molecule has 4 aromatic rings. The maximum Gasteiger partial charge on any atom is 0.412 e. The van der Waals surface area contributed by atoms with Crippen LogP contribution in [0.25, 0.3) is 21.6 Å². The van der Waals surface area contributed by atoms with Gasteiger partial charge in [-0.15, -0.1) is 11.3 Å². The van der Waals surface area contributed by atoms with Gasteiger partial charge in [0.05, 0.1) is 22.6 Å². The SMILES string of the molecule is CCOC(=O)C1(c2ccc(-c3ccc(-c4sc(F)cc4NC(=O)O[C@H](C)c4ccc(F)c(F)c4)cc3)cc2)CC1. The number of esters is 1. The highest BCUT2D eigenvalue weighted by Crippen LogP contribution is 2.49. The Morgan fingerprint density at radius 1 is 0.900 bits per heavy atom. The molecule has 1 atom stereocenters. The quantitative estimate of drug-likeness (QED) is 0.218. The van der Waals surface area contributed by atoms with Crippen LogP contribution in [0.3, 0.4) is 0 Å². The third kappa shape index (κ3) is 5.60. The number of thiophene rings is 1. The normalized spacial score (nSPS) is 14.3. The molecule has 1 amide bonds. The fourth-order valence-corrected chi connectivity index (χ4v) is 5.45. The second-order valence-corrected chi connectivity index (χ2v) is 10.6. The van der Waals surface area contributed by atoms with E-state index in [2.05, 4.69) is 5.32 Å². The molecule has 1 N–H and O–H groups in total. The van der Waals surface area contributed by atoms with Gasteiger partial charge >= 0.3 is 12.1 Å². The highest BCUT2D eigenvalue weighted by atomic mass is 32.1. The first-order chi connectivity index (χ1) is 19.2. The lowest BCUT2D eigenvalue weighted by atomic mass is 9.93. The maximum atomic E-state index is 14.2. The van der Waals surface area contributed by atoms with E-state index < -0.39 is 34.4 Å². The highest BCUT2D eigenvalue weighted by molar-refractivity contribution is 7.14. The molecule has 9 heteroatoms. The van der Waals surface area contributed by atoms with Crippen LogP contribution < -0.4 is 5.32 Å². The number of nitrogens with one attached hydrogen (secondary N) is 1. The summed E-state index contributed by atoms with van der Waals surface area (Å²) in [6, 6.07) is 19.7. The molecule has 3 aromatic carbocycles. The van der Waals surface area contributed by atoms with Gasteiger partial charge in [-0.25, -0.2) is 13.6 Å². The number of hydrogen-bond donors (Lipinski definition) is 1. The molecule has 0 aliphatic heterocycles. The van der Waals surface area contributed by atoms with Gasteiger partial charge in [-0.3, -0.25) is 10.1 Å². The molecule has 0 saturated heterocycles. The molecule has 1 heterocycles. The van der Waals surface area contributed by atoms with Crippen molar-refractivity contribution in [1.29, 1.82) is 0 Å². The number of ether oxygens (including phenoxy) is 2. The van der Waals surface area contributed by atoms with Crippen LogP contribution in [0, 0.1) is 16.8 Å². The summed E-state index contributed by atoms with van der Waals surface area (Å²) in [5, 5.41) is 2.06. The molecule has 0 spiro atoms. The first-order valence-corrected chi connectivity index (χ1v) is 13.6. The molecule has 5 nitrogen and oxygen atoms in total. The van der Waals surface area contributed by atoms with Crippen LogP contribution in [0.1, 0.15) is 43.9 Å². The van der Waals surface area contributed by atoms with Crippen molar-refractivity contribution in [2.45, 2.75) is 38.2 Å². The average Bonchev–Trinajstić information content (AvgIpc) is 3.68. The average molecular weight is 566 g/mol. The van der Waals surface area contributed by atoms with Gasteiger partial charge in [0.25, 0.3) is 0 Å². The lowest BCUT2D eigenvalue weighted by molar-refractivity contribution is -0.146. The topological polar surface area (TPSA) is 64.6 Å². The van der Waals surface area contributed by atoms with Crippen LogP contribution in [0.15, 0.2) is 72.8 Å². The minimum Gasteiger partial charge on any atom is -0.465 e. The molecule has 1 aromatic heterocycles. The molecule has 5 rings (SSSR count). The molecule has 0 bridgehead atoms. The number of amides is 1. The maximum absolute atomic E-state index is 14.2. The van der Waals surface area contributed by atoms with Gasteiger partial charge in [0.2, 0.25) is 0 Å². The minimum absolute atomic E-state index is 0.178. The van der Waals surface area contributed by atoms with Crippen molar-refractivity contribution >= 4 is 29.1 Å². The summed E-state index contributed by atoms with van der Waals surface area (Å²) in [5.41, 5.74) is 3.51. The highest BCUT2D eigenvalue weighted by Gasteiger charge is 2.52. The van der Waals surface area contributed by atoms with Crippen molar-refractivity contribution in [3.05, 3.63) is 101 Å². The second-order valence-electron chi connectivity index (χ2n) is 9.60. The third-order valence-corrected chi connectivity index (χ3v) is 7.94. The Bertz CT molecular complexity index is 1550. The molecule has 206 valence electrons. The minimum atomic E-state index is -1.04. The predicted octanol–water partition coefficient (Wildman–Crippen LogP) is 8.40. The molecule has 1 fully saturated rings. The number of hydrogen-bond acceptors (Lipinski definition) is 5. The van der Waals surface area contributed by atoms with Crippen LogP contribution >= 0.6 is 11.3 Å². The number of carbonyl (C=O) groups excluding carboxylic acids is 2. The monoisotopic (exact) mass is 565 g/mol. The lowest BCUT2D eigenvalue weighted by Crippen LogP contribution is -2.23. The summed E-state index contributed by atoms with van der Waals surface area (Å²) in [4.78, 5) is 25.4. The molecule has 1 aliphatic rings. The first-order valence-electron chi connectivity index (χ1n) is 12.8. The summed E-state index contributed by atoms with van der Waals surface area (Å²) in [7, 11) is 0. The Balaban J connectivity index is 1.28. The van der Waals surface area contributed by atoms with Crippen molar-refractivity contribution in [3.63, 3.8) is 0 Å². The fraction of sp³-hybridized carbons (Fsp3) is 0.226. The molecule has 40 heavy (non-hydrogen) atoms. The zero-order valence-corrected chi connectivity index (χ0v) is 22.6. The van der Waals surface area contributed by atoms with E-state index in [1.54, 1.807) is 6.92 Å². The predicted molar refractivity (Wildman–Crippen MR) is 148 cm³/mol. The van der Waals surface area contributed by atoms with Crippen molar-refractivity contribution < 1.29 is 32.2 Å². The lowest BCUT2D eigenvalue weighted by Gasteiger charge is -2.15. The van der Waals surface area contributed by atoms with Gasteiger partial charge < -0.3 is 9.47 Å². The van der Waals surface area contributed by atoms with E-state index in [9.17, 15) is 22.8 Å². The van der Waals surface area contributed by atoms with Gasteiger partial charge in [0.15, 0.2) is 16.8 Å². The third-order valence-electron chi connectivity index (χ3n) is 6.97. The summed E-state index contributed by atoms with van der Waals surface area (Å²) in [6.45, 7) is 3.68. The molecule has 1 saturated carbocycles. The van der Waals surface area contributed by atoms with Gasteiger partial charge in [-0.05, 0) is 66.6 Å². The van der Waals surface area contributed by atoms with E-state index in [0.717, 1.165) is 53.0 Å². The van der Waals surface area contributed by atoms with E-state index in [1.807, 2.05) is 48.5 Å². The van der Waals surface area contributed by atoms with Crippen LogP contribution in [0.4, 0.5) is 23.7 Å². The van der Waals surface area contributed by atoms with E-state index in [4.69, 9.17) is 9.47 Å². The fourth-order valence-electron chi connectivity index (χ4n) is 4.60. The summed E-state index contributed by atoms with van der Waals surface area (Å²) >= 11 is 0.876. The smallest absolute Gasteiger partial charge is 0.412 e. The standard InChI is InChI=1S/C31H26F3NO4S/c1-3-38-29(36)31(14-15-31)23-11-8-20(9-12-23)19-4-6-21(7-5-19)28-26(17-27(34)40-28)35-30(37)39-18(2)22-10-13-24(32)25(33)16-22/h4-13,16-18H,3,14-15H2,1-2H3,(H,35,37)/t18-/m1/s1. The summed E-state index contributed by atoms with van der Waals surface area (Å²) in [6.07, 6.45) is -0.153. The molecular formula is C31H26F3NO4S. The van der Waals surface area contributed by atoms with Crippen molar-refractivity contribution in [2.75, 3.05) is 11.9 Å². The summed E-state index contributed by atoms with van der Waals surface area (Å²) < 4.78 is 51.5. The van der Waals surface area contributed by atoms with Crippen LogP contribution in [-0.2, 0) is 19.7 Å². The van der Waals surface area contributed by atoms with Crippen molar-refractivity contribution in [3.8, 4) is 21.6 Å². The van der Waals surface area contributed by atoms with Crippen LogP contribution in [0.5, 0.6) is 0 Å². The Morgan fingerprint density at radius 3 is 2.12 bits per heavy atom. The summed E-state index contributed by atoms with van der Waals surface area (Å²) in [5.74, 6) is -2.22. The number of benzene rings is 3. The zero-order valence-electron chi connectivity index (χ0n) is 21.8. The largest absolute Gasteiger partial charge is 0.465 e. The van der Waals surface area contributed by atoms with Crippen LogP contribution in [0.2, 0.25) is 0 Å². The Kier molecular flexibility index (Phi) is 7.67.